The van der Waals surface area contributed by atoms with Gasteiger partial charge in [-0.25, -0.2) is 0 Å². The largest absolute Gasteiger partial charge is 0.496 e. The van der Waals surface area contributed by atoms with Crippen molar-refractivity contribution in [3.05, 3.63) is 28.8 Å². The number of hydrogen-bond donors (Lipinski definition) is 1. The summed E-state index contributed by atoms with van der Waals surface area (Å²) in [6.45, 7) is 0. The van der Waals surface area contributed by atoms with E-state index in [2.05, 4.69) is 0 Å². The molecule has 21 heavy (non-hydrogen) atoms. The molecule has 9 heteroatoms. The number of ether oxygens (including phenoxy) is 1. The van der Waals surface area contributed by atoms with Gasteiger partial charge in [0.1, 0.15) is 5.75 Å². The third-order valence-corrected chi connectivity index (χ3v) is 3.00. The molecular weight excluding hydrogens is 326 g/mol. The van der Waals surface area contributed by atoms with Crippen LogP contribution >= 0.6 is 11.6 Å². The fourth-order valence-corrected chi connectivity index (χ4v) is 2.07. The molecule has 0 heterocycles. The second-order valence-electron chi connectivity index (χ2n) is 4.29. The molecule has 0 spiro atoms. The van der Waals surface area contributed by atoms with Crippen molar-refractivity contribution in [2.45, 2.75) is 24.9 Å². The van der Waals surface area contributed by atoms with Gasteiger partial charge in [0.05, 0.1) is 13.2 Å². The molecule has 0 bridgehead atoms. The fraction of sp³-hybridized carbons (Fsp3) is 0.500. The van der Waals surface area contributed by atoms with Gasteiger partial charge in [0, 0.05) is 11.4 Å². The zero-order valence-corrected chi connectivity index (χ0v) is 11.4. The Labute approximate surface area is 121 Å². The Hall–Kier alpha value is -1.15. The molecular formula is C12H11ClF6O2. The number of aliphatic hydroxyl groups excluding tert-OH is 1. The lowest BCUT2D eigenvalue weighted by molar-refractivity contribution is -0.305. The summed E-state index contributed by atoms with van der Waals surface area (Å²) in [6.07, 6.45) is -14.8. The second-order valence-corrected chi connectivity index (χ2v) is 4.72. The van der Waals surface area contributed by atoms with Gasteiger partial charge in [-0.1, -0.05) is 11.6 Å². The molecule has 1 unspecified atom stereocenters. The van der Waals surface area contributed by atoms with E-state index in [1.165, 1.54) is 19.2 Å². The van der Waals surface area contributed by atoms with E-state index in [4.69, 9.17) is 16.3 Å². The first-order valence-electron chi connectivity index (χ1n) is 5.60. The van der Waals surface area contributed by atoms with Crippen LogP contribution < -0.4 is 4.74 Å². The second kappa shape index (κ2) is 6.31. The minimum Gasteiger partial charge on any atom is -0.496 e. The maximum Gasteiger partial charge on any atom is 0.403 e. The van der Waals surface area contributed by atoms with Gasteiger partial charge in [0.15, 0.2) is 5.92 Å². The Kier molecular flexibility index (Phi) is 5.38. The van der Waals surface area contributed by atoms with E-state index in [-0.39, 0.29) is 16.3 Å². The number of hydrogen-bond acceptors (Lipinski definition) is 2. The summed E-state index contributed by atoms with van der Waals surface area (Å²) in [4.78, 5) is 0. The first kappa shape index (κ1) is 17.9. The predicted molar refractivity (Wildman–Crippen MR) is 63.3 cm³/mol. The maximum absolute atomic E-state index is 12.5. The average molecular weight is 337 g/mol. The van der Waals surface area contributed by atoms with Crippen LogP contribution in [-0.2, 0) is 6.42 Å². The zero-order chi connectivity index (χ0) is 16.4. The van der Waals surface area contributed by atoms with Gasteiger partial charge in [-0.15, -0.1) is 0 Å². The highest BCUT2D eigenvalue weighted by Crippen LogP contribution is 2.42. The summed E-state index contributed by atoms with van der Waals surface area (Å²) >= 11 is 5.64. The fourth-order valence-electron chi connectivity index (χ4n) is 1.87. The maximum atomic E-state index is 12.5. The Morgan fingerprint density at radius 1 is 1.14 bits per heavy atom. The van der Waals surface area contributed by atoms with E-state index >= 15 is 0 Å². The average Bonchev–Trinajstić information content (AvgIpc) is 2.24. The van der Waals surface area contributed by atoms with Crippen LogP contribution in [0.1, 0.15) is 5.56 Å². The van der Waals surface area contributed by atoms with Gasteiger partial charge < -0.3 is 9.84 Å². The highest BCUT2D eigenvalue weighted by atomic mass is 35.5. The van der Waals surface area contributed by atoms with E-state index in [9.17, 15) is 31.4 Å². The van der Waals surface area contributed by atoms with Crippen LogP contribution in [0.2, 0.25) is 5.02 Å². The van der Waals surface area contributed by atoms with Gasteiger partial charge in [-0.05, 0) is 23.8 Å². The first-order chi connectivity index (χ1) is 9.46. The van der Waals surface area contributed by atoms with Crippen LogP contribution in [0.3, 0.4) is 0 Å². The van der Waals surface area contributed by atoms with Crippen molar-refractivity contribution in [1.82, 2.24) is 0 Å². The van der Waals surface area contributed by atoms with Crippen LogP contribution in [0.15, 0.2) is 18.2 Å². The monoisotopic (exact) mass is 336 g/mol. The summed E-state index contributed by atoms with van der Waals surface area (Å²) in [5, 5.41) is 9.51. The molecule has 0 aliphatic rings. The highest BCUT2D eigenvalue weighted by Gasteiger charge is 2.60. The van der Waals surface area contributed by atoms with Crippen molar-refractivity contribution >= 4 is 11.6 Å². The molecule has 1 aromatic carbocycles. The molecule has 120 valence electrons. The van der Waals surface area contributed by atoms with E-state index in [1.54, 1.807) is 0 Å². The molecule has 0 aliphatic heterocycles. The van der Waals surface area contributed by atoms with Crippen molar-refractivity contribution in [1.29, 1.82) is 0 Å². The zero-order valence-electron chi connectivity index (χ0n) is 10.6. The Balaban J connectivity index is 3.08. The van der Waals surface area contributed by atoms with E-state index in [0.717, 1.165) is 6.07 Å². The smallest absolute Gasteiger partial charge is 0.403 e. The molecule has 2 nitrogen and oxygen atoms in total. The quantitative estimate of drug-likeness (QED) is 0.842. The standard InChI is InChI=1S/C12H11ClF6O2/c1-21-9-3-2-7(13)4-6(9)5-8(20)10(11(14,15)16)12(17,18)19/h2-4,8,10,20H,5H2,1H3. The van der Waals surface area contributed by atoms with E-state index in [1.807, 2.05) is 0 Å². The van der Waals surface area contributed by atoms with Gasteiger partial charge in [0.2, 0.25) is 0 Å². The van der Waals surface area contributed by atoms with Crippen LogP contribution in [0.25, 0.3) is 0 Å². The van der Waals surface area contributed by atoms with Crippen LogP contribution in [0.5, 0.6) is 5.75 Å². The van der Waals surface area contributed by atoms with Crippen LogP contribution in [0, 0.1) is 5.92 Å². The molecule has 1 N–H and O–H groups in total. The van der Waals surface area contributed by atoms with Crippen LogP contribution in [0.4, 0.5) is 26.3 Å². The lowest BCUT2D eigenvalue weighted by Gasteiger charge is -2.27. The Morgan fingerprint density at radius 2 is 1.67 bits per heavy atom. The topological polar surface area (TPSA) is 29.5 Å². The number of halogens is 7. The molecule has 0 aromatic heterocycles. The minimum absolute atomic E-state index is 0.0431. The lowest BCUT2D eigenvalue weighted by Crippen LogP contribution is -2.45. The SMILES string of the molecule is COc1ccc(Cl)cc1CC(O)C(C(F)(F)F)C(F)(F)F. The third-order valence-electron chi connectivity index (χ3n) is 2.76. The van der Waals surface area contributed by atoms with Gasteiger partial charge >= 0.3 is 12.4 Å². The van der Waals surface area contributed by atoms with Crippen molar-refractivity contribution in [3.63, 3.8) is 0 Å². The number of benzene rings is 1. The summed E-state index contributed by atoms with van der Waals surface area (Å²) in [5.74, 6) is -3.80. The molecule has 1 aromatic rings. The van der Waals surface area contributed by atoms with E-state index in [0.29, 0.717) is 0 Å². The molecule has 1 rings (SSSR count). The Bertz CT molecular complexity index is 472. The number of alkyl halides is 6. The number of rotatable bonds is 4. The van der Waals surface area contributed by atoms with Crippen molar-refractivity contribution in [2.24, 2.45) is 5.92 Å². The minimum atomic E-state index is -5.61. The van der Waals surface area contributed by atoms with Crippen molar-refractivity contribution < 1.29 is 36.2 Å². The summed E-state index contributed by atoms with van der Waals surface area (Å²) in [6, 6.07) is 3.80. The van der Waals surface area contributed by atoms with Crippen molar-refractivity contribution in [2.75, 3.05) is 7.11 Å². The summed E-state index contributed by atoms with van der Waals surface area (Å²) < 4.78 is 79.8. The van der Waals surface area contributed by atoms with E-state index < -0.39 is 30.8 Å². The summed E-state index contributed by atoms with van der Waals surface area (Å²) in [5.41, 5.74) is -0.0454. The predicted octanol–water partition coefficient (Wildman–Crippen LogP) is 3.99. The van der Waals surface area contributed by atoms with Crippen LogP contribution in [-0.4, -0.2) is 30.7 Å². The lowest BCUT2D eigenvalue weighted by atomic mass is 9.94. The molecule has 0 radical (unpaired) electrons. The molecule has 0 saturated heterocycles. The molecule has 0 saturated carbocycles. The molecule has 1 atom stereocenters. The molecule has 0 fully saturated rings. The number of aliphatic hydroxyl groups is 1. The van der Waals surface area contributed by atoms with Crippen molar-refractivity contribution in [3.8, 4) is 5.75 Å². The normalized spacial score (nSPS) is 14.4. The Morgan fingerprint density at radius 3 is 2.10 bits per heavy atom. The summed E-state index contributed by atoms with van der Waals surface area (Å²) in [7, 11) is 1.20. The molecule has 0 amide bonds. The number of methoxy groups -OCH3 is 1. The van der Waals surface area contributed by atoms with Gasteiger partial charge in [0.25, 0.3) is 0 Å². The first-order valence-corrected chi connectivity index (χ1v) is 5.98. The van der Waals surface area contributed by atoms with Gasteiger partial charge in [-0.3, -0.25) is 0 Å². The molecule has 0 aliphatic carbocycles. The third kappa shape index (κ3) is 4.67. The van der Waals surface area contributed by atoms with Gasteiger partial charge in [-0.2, -0.15) is 26.3 Å². The highest BCUT2D eigenvalue weighted by molar-refractivity contribution is 6.30.